The van der Waals surface area contributed by atoms with Crippen LogP contribution in [0, 0.1) is 0 Å². The fourth-order valence-corrected chi connectivity index (χ4v) is 4.38. The van der Waals surface area contributed by atoms with E-state index >= 15 is 0 Å². The molecule has 1 atom stereocenters. The first-order chi connectivity index (χ1) is 14.3. The van der Waals surface area contributed by atoms with E-state index in [1.807, 2.05) is 0 Å². The Morgan fingerprint density at radius 3 is 1.62 bits per heavy atom. The second-order valence-corrected chi connectivity index (χ2v) is 9.12. The fraction of sp³-hybridized carbons (Fsp3) is 0.786. The Morgan fingerprint density at radius 1 is 0.655 bits per heavy atom. The van der Waals surface area contributed by atoms with Crippen molar-refractivity contribution < 1.29 is 0 Å². The van der Waals surface area contributed by atoms with E-state index in [9.17, 15) is 0 Å². The van der Waals surface area contributed by atoms with Crippen molar-refractivity contribution in [3.8, 4) is 0 Å². The Hall–Kier alpha value is -0.980. The number of unbranched alkanes of at least 4 members (excludes halogenated alkanes) is 15. The number of nitrogens with zero attached hydrogens (tertiary/aromatic N) is 1. The van der Waals surface area contributed by atoms with Gasteiger partial charge in [0, 0.05) is 12.4 Å². The third-order valence-corrected chi connectivity index (χ3v) is 6.37. The van der Waals surface area contributed by atoms with Gasteiger partial charge in [0.2, 0.25) is 0 Å². The highest BCUT2D eigenvalue weighted by molar-refractivity contribution is 5.09. The monoisotopic (exact) mass is 401 g/mol. The summed E-state index contributed by atoms with van der Waals surface area (Å²) in [6.07, 6.45) is 32.2. The van der Waals surface area contributed by atoms with Crippen LogP contribution in [0.25, 0.3) is 0 Å². The lowest BCUT2D eigenvalue weighted by Crippen LogP contribution is -2.08. The van der Waals surface area contributed by atoms with Gasteiger partial charge in [0.1, 0.15) is 0 Å². The zero-order valence-corrected chi connectivity index (χ0v) is 20.1. The van der Waals surface area contributed by atoms with Crippen molar-refractivity contribution >= 4 is 0 Å². The van der Waals surface area contributed by atoms with Crippen molar-refractivity contribution in [3.63, 3.8) is 0 Å². The maximum Gasteiger partial charge on any atom is 0.0537 e. The molecule has 1 aromatic rings. The maximum atomic E-state index is 2.51. The zero-order chi connectivity index (χ0) is 21.0. The molecule has 29 heavy (non-hydrogen) atoms. The van der Waals surface area contributed by atoms with Gasteiger partial charge >= 0.3 is 0 Å². The van der Waals surface area contributed by atoms with Crippen LogP contribution in [0.4, 0.5) is 0 Å². The largest absolute Gasteiger partial charge is 0.347 e. The number of hydrogen-bond donors (Lipinski definition) is 0. The molecular formula is C28H51N. The summed E-state index contributed by atoms with van der Waals surface area (Å²) in [5.41, 5.74) is 1.57. The van der Waals surface area contributed by atoms with Crippen LogP contribution >= 0.6 is 0 Å². The molecule has 1 nitrogen and oxygen atoms in total. The Balaban J connectivity index is 2.16. The van der Waals surface area contributed by atoms with E-state index in [2.05, 4.69) is 55.9 Å². The second-order valence-electron chi connectivity index (χ2n) is 9.12. The standard InChI is InChI=1S/C28H51N/c1-4-6-8-10-11-12-13-14-15-16-18-20-24-28(29-25-21-22-26-29)27(3)23-19-17-9-7-5-2/h21-23,25-26,28H,4-20,24H2,1-3H3/b27-23+. The van der Waals surface area contributed by atoms with Gasteiger partial charge in [-0.3, -0.25) is 0 Å². The minimum atomic E-state index is 0.569. The molecule has 1 unspecified atom stereocenters. The fourth-order valence-electron chi connectivity index (χ4n) is 4.38. The molecule has 0 fully saturated rings. The second kappa shape index (κ2) is 19.0. The molecule has 0 bridgehead atoms. The van der Waals surface area contributed by atoms with E-state index in [1.54, 1.807) is 5.57 Å². The molecular weight excluding hydrogens is 350 g/mol. The Labute approximate surface area is 183 Å². The molecule has 0 radical (unpaired) electrons. The molecule has 0 spiro atoms. The van der Waals surface area contributed by atoms with Crippen LogP contribution in [-0.2, 0) is 0 Å². The maximum absolute atomic E-state index is 2.51. The SMILES string of the molecule is CCCCCC/C=C(\C)C(CCCCCCCCCCCCCC)n1cccc1. The molecule has 1 aromatic heterocycles. The third kappa shape index (κ3) is 13.8. The van der Waals surface area contributed by atoms with Crippen LogP contribution in [-0.4, -0.2) is 4.57 Å². The predicted octanol–water partition coefficient (Wildman–Crippen LogP) is 10.0. The molecule has 0 aliphatic rings. The quantitative estimate of drug-likeness (QED) is 0.151. The van der Waals surface area contributed by atoms with E-state index in [0.717, 1.165) is 0 Å². The number of aromatic nitrogens is 1. The van der Waals surface area contributed by atoms with Gasteiger partial charge in [-0.1, -0.05) is 122 Å². The highest BCUT2D eigenvalue weighted by Gasteiger charge is 2.11. The highest BCUT2D eigenvalue weighted by Crippen LogP contribution is 2.25. The van der Waals surface area contributed by atoms with Gasteiger partial charge in [-0.05, 0) is 38.3 Å². The van der Waals surface area contributed by atoms with Crippen LogP contribution in [0.5, 0.6) is 0 Å². The van der Waals surface area contributed by atoms with Gasteiger partial charge in [-0.2, -0.15) is 0 Å². The van der Waals surface area contributed by atoms with E-state index in [4.69, 9.17) is 0 Å². The Bertz CT molecular complexity index is 471. The molecule has 0 aliphatic carbocycles. The Kier molecular flexibility index (Phi) is 17.1. The summed E-state index contributed by atoms with van der Waals surface area (Å²) in [4.78, 5) is 0. The van der Waals surface area contributed by atoms with Crippen molar-refractivity contribution in [2.45, 2.75) is 142 Å². The molecule has 0 saturated heterocycles. The Morgan fingerprint density at radius 2 is 1.10 bits per heavy atom. The molecule has 168 valence electrons. The smallest absolute Gasteiger partial charge is 0.0537 e. The average Bonchev–Trinajstić information content (AvgIpc) is 3.25. The summed E-state index contributed by atoms with van der Waals surface area (Å²) in [5.74, 6) is 0. The normalized spacial score (nSPS) is 13.1. The minimum Gasteiger partial charge on any atom is -0.347 e. The van der Waals surface area contributed by atoms with Gasteiger partial charge in [0.25, 0.3) is 0 Å². The number of hydrogen-bond acceptors (Lipinski definition) is 0. The summed E-state index contributed by atoms with van der Waals surface area (Å²) in [5, 5.41) is 0. The summed E-state index contributed by atoms with van der Waals surface area (Å²) in [7, 11) is 0. The lowest BCUT2D eigenvalue weighted by atomic mass is 9.98. The number of allylic oxidation sites excluding steroid dienone is 2. The van der Waals surface area contributed by atoms with Gasteiger partial charge in [-0.25, -0.2) is 0 Å². The highest BCUT2D eigenvalue weighted by atomic mass is 15.0. The summed E-state index contributed by atoms with van der Waals surface area (Å²) in [6, 6.07) is 4.91. The van der Waals surface area contributed by atoms with Crippen LogP contribution < -0.4 is 0 Å². The van der Waals surface area contributed by atoms with E-state index < -0.39 is 0 Å². The molecule has 1 heterocycles. The van der Waals surface area contributed by atoms with Crippen LogP contribution in [0.1, 0.15) is 142 Å². The first-order valence-electron chi connectivity index (χ1n) is 13.1. The molecule has 1 rings (SSSR count). The van der Waals surface area contributed by atoms with E-state index in [-0.39, 0.29) is 0 Å². The molecule has 0 saturated carbocycles. The summed E-state index contributed by atoms with van der Waals surface area (Å²) < 4.78 is 2.43. The van der Waals surface area contributed by atoms with Crippen molar-refractivity contribution in [2.24, 2.45) is 0 Å². The van der Waals surface area contributed by atoms with Crippen LogP contribution in [0.15, 0.2) is 36.2 Å². The average molecular weight is 402 g/mol. The first kappa shape index (κ1) is 26.1. The lowest BCUT2D eigenvalue weighted by molar-refractivity contribution is 0.481. The van der Waals surface area contributed by atoms with E-state index in [0.29, 0.717) is 6.04 Å². The van der Waals surface area contributed by atoms with Crippen molar-refractivity contribution in [1.29, 1.82) is 0 Å². The lowest BCUT2D eigenvalue weighted by Gasteiger charge is -2.20. The van der Waals surface area contributed by atoms with Gasteiger partial charge in [0.05, 0.1) is 6.04 Å². The predicted molar refractivity (Wildman–Crippen MR) is 132 cm³/mol. The van der Waals surface area contributed by atoms with Gasteiger partial charge in [0.15, 0.2) is 0 Å². The van der Waals surface area contributed by atoms with Crippen LogP contribution in [0.2, 0.25) is 0 Å². The molecule has 1 heteroatoms. The van der Waals surface area contributed by atoms with Crippen molar-refractivity contribution in [3.05, 3.63) is 36.2 Å². The topological polar surface area (TPSA) is 4.93 Å². The van der Waals surface area contributed by atoms with Crippen molar-refractivity contribution in [2.75, 3.05) is 0 Å². The summed E-state index contributed by atoms with van der Waals surface area (Å²) in [6.45, 7) is 6.94. The molecule has 0 aliphatic heterocycles. The number of rotatable bonds is 20. The zero-order valence-electron chi connectivity index (χ0n) is 20.1. The molecule has 0 amide bonds. The van der Waals surface area contributed by atoms with Crippen LogP contribution in [0.3, 0.4) is 0 Å². The van der Waals surface area contributed by atoms with Crippen molar-refractivity contribution in [1.82, 2.24) is 4.57 Å². The van der Waals surface area contributed by atoms with Gasteiger partial charge < -0.3 is 4.57 Å². The van der Waals surface area contributed by atoms with E-state index in [1.165, 1.54) is 116 Å². The van der Waals surface area contributed by atoms with Gasteiger partial charge in [-0.15, -0.1) is 0 Å². The molecule has 0 N–H and O–H groups in total. The minimum absolute atomic E-state index is 0.569. The summed E-state index contributed by atoms with van der Waals surface area (Å²) >= 11 is 0. The first-order valence-corrected chi connectivity index (χ1v) is 13.1. The third-order valence-electron chi connectivity index (χ3n) is 6.37. The molecule has 0 aromatic carbocycles.